The van der Waals surface area contributed by atoms with Crippen LogP contribution in [-0.4, -0.2) is 13.1 Å². The molecule has 92 valence electrons. The van der Waals surface area contributed by atoms with Gasteiger partial charge in [-0.1, -0.05) is 32.4 Å². The van der Waals surface area contributed by atoms with Gasteiger partial charge in [0.25, 0.3) is 0 Å². The fourth-order valence-electron chi connectivity index (χ4n) is 1.69. The summed E-state index contributed by atoms with van der Waals surface area (Å²) in [4.78, 5) is 1.40. The molecule has 0 spiro atoms. The summed E-state index contributed by atoms with van der Waals surface area (Å²) in [7, 11) is 0. The van der Waals surface area contributed by atoms with Gasteiger partial charge in [-0.25, -0.2) is 0 Å². The van der Waals surface area contributed by atoms with E-state index in [-0.39, 0.29) is 0 Å². The highest BCUT2D eigenvalue weighted by Gasteiger charge is 2.13. The summed E-state index contributed by atoms with van der Waals surface area (Å²) >= 11 is 7.64. The van der Waals surface area contributed by atoms with Crippen molar-refractivity contribution in [2.75, 3.05) is 13.1 Å². The zero-order valence-corrected chi connectivity index (χ0v) is 12.0. The molecule has 0 saturated carbocycles. The molecule has 0 radical (unpaired) electrons. The van der Waals surface area contributed by atoms with Gasteiger partial charge < -0.3 is 5.32 Å². The molecule has 0 aliphatic heterocycles. The van der Waals surface area contributed by atoms with E-state index in [0.29, 0.717) is 11.8 Å². The topological polar surface area (TPSA) is 12.0 Å². The van der Waals surface area contributed by atoms with Crippen LogP contribution in [0.3, 0.4) is 0 Å². The summed E-state index contributed by atoms with van der Waals surface area (Å²) in [6.07, 6.45) is 2.36. The van der Waals surface area contributed by atoms with Gasteiger partial charge in [0.1, 0.15) is 0 Å². The minimum absolute atomic E-state index is 0.707. The maximum absolute atomic E-state index is 5.93. The van der Waals surface area contributed by atoms with Crippen LogP contribution in [0.4, 0.5) is 0 Å². The molecule has 2 unspecified atom stereocenters. The molecule has 1 aromatic rings. The van der Waals surface area contributed by atoms with Crippen molar-refractivity contribution in [1.82, 2.24) is 5.32 Å². The lowest BCUT2D eigenvalue weighted by atomic mass is 9.92. The number of thiophene rings is 1. The van der Waals surface area contributed by atoms with Crippen molar-refractivity contribution in [1.29, 1.82) is 0 Å². The average molecular weight is 260 g/mol. The Bertz CT molecular complexity index is 298. The molecule has 0 fully saturated rings. The SMILES string of the molecule is CCCNCC(C)C(C)Cc1ccc(Cl)s1. The first-order valence-corrected chi connectivity index (χ1v) is 7.27. The molecule has 1 heterocycles. The number of rotatable bonds is 7. The first kappa shape index (κ1) is 14.0. The van der Waals surface area contributed by atoms with Crippen molar-refractivity contribution in [3.63, 3.8) is 0 Å². The Morgan fingerprint density at radius 2 is 2.06 bits per heavy atom. The lowest BCUT2D eigenvalue weighted by Gasteiger charge is -2.19. The molecule has 2 atom stereocenters. The van der Waals surface area contributed by atoms with E-state index in [1.54, 1.807) is 11.3 Å². The monoisotopic (exact) mass is 259 g/mol. The third-order valence-corrected chi connectivity index (χ3v) is 4.27. The largest absolute Gasteiger partial charge is 0.316 e. The van der Waals surface area contributed by atoms with Gasteiger partial charge in [-0.3, -0.25) is 0 Å². The molecule has 16 heavy (non-hydrogen) atoms. The molecule has 3 heteroatoms. The van der Waals surface area contributed by atoms with E-state index >= 15 is 0 Å². The Labute approximate surface area is 108 Å². The Balaban J connectivity index is 2.30. The summed E-state index contributed by atoms with van der Waals surface area (Å²) in [5, 5.41) is 3.48. The van der Waals surface area contributed by atoms with E-state index in [2.05, 4.69) is 32.2 Å². The van der Waals surface area contributed by atoms with E-state index in [0.717, 1.165) is 23.8 Å². The van der Waals surface area contributed by atoms with Crippen molar-refractivity contribution >= 4 is 22.9 Å². The number of hydrogen-bond acceptors (Lipinski definition) is 2. The van der Waals surface area contributed by atoms with Gasteiger partial charge in [0.15, 0.2) is 0 Å². The Morgan fingerprint density at radius 1 is 1.31 bits per heavy atom. The lowest BCUT2D eigenvalue weighted by Crippen LogP contribution is -2.26. The molecule has 0 aliphatic rings. The summed E-state index contributed by atoms with van der Waals surface area (Å²) < 4.78 is 0.902. The molecule has 0 amide bonds. The number of nitrogens with one attached hydrogen (secondary N) is 1. The number of hydrogen-bond donors (Lipinski definition) is 1. The molecule has 1 N–H and O–H groups in total. The van der Waals surface area contributed by atoms with Crippen molar-refractivity contribution in [3.05, 3.63) is 21.3 Å². The van der Waals surface area contributed by atoms with Crippen LogP contribution in [0.15, 0.2) is 12.1 Å². The van der Waals surface area contributed by atoms with Gasteiger partial charge in [-0.2, -0.15) is 0 Å². The van der Waals surface area contributed by atoms with Crippen LogP contribution in [0.5, 0.6) is 0 Å². The maximum Gasteiger partial charge on any atom is 0.0931 e. The minimum atomic E-state index is 0.707. The Hall–Kier alpha value is -0.0500. The van der Waals surface area contributed by atoms with Gasteiger partial charge in [0.05, 0.1) is 4.34 Å². The fraction of sp³-hybridized carbons (Fsp3) is 0.692. The van der Waals surface area contributed by atoms with Crippen LogP contribution in [0.25, 0.3) is 0 Å². The van der Waals surface area contributed by atoms with E-state index in [4.69, 9.17) is 11.6 Å². The second kappa shape index (κ2) is 7.31. The molecule has 1 rings (SSSR count). The third kappa shape index (κ3) is 4.86. The van der Waals surface area contributed by atoms with Crippen molar-refractivity contribution in [3.8, 4) is 0 Å². The molecular formula is C13H22ClNS. The fourth-order valence-corrected chi connectivity index (χ4v) is 2.92. The van der Waals surface area contributed by atoms with Crippen LogP contribution in [0.1, 0.15) is 32.1 Å². The zero-order chi connectivity index (χ0) is 12.0. The van der Waals surface area contributed by atoms with E-state index in [1.807, 2.05) is 6.07 Å². The first-order valence-electron chi connectivity index (χ1n) is 6.08. The maximum atomic E-state index is 5.93. The van der Waals surface area contributed by atoms with Crippen molar-refractivity contribution < 1.29 is 0 Å². The predicted octanol–water partition coefficient (Wildman–Crippen LogP) is 4.22. The molecule has 0 aliphatic carbocycles. The predicted molar refractivity (Wildman–Crippen MR) is 74.5 cm³/mol. The van der Waals surface area contributed by atoms with Crippen molar-refractivity contribution in [2.45, 2.75) is 33.6 Å². The molecule has 0 aromatic carbocycles. The van der Waals surface area contributed by atoms with E-state index in [9.17, 15) is 0 Å². The third-order valence-electron chi connectivity index (χ3n) is 3.02. The number of halogens is 1. The molecule has 0 bridgehead atoms. The Morgan fingerprint density at radius 3 is 2.62 bits per heavy atom. The van der Waals surface area contributed by atoms with Gasteiger partial charge in [0, 0.05) is 4.88 Å². The summed E-state index contributed by atoms with van der Waals surface area (Å²) in [6, 6.07) is 4.14. The van der Waals surface area contributed by atoms with Crippen LogP contribution in [0, 0.1) is 11.8 Å². The smallest absolute Gasteiger partial charge is 0.0931 e. The molecular weight excluding hydrogens is 238 g/mol. The lowest BCUT2D eigenvalue weighted by molar-refractivity contribution is 0.367. The van der Waals surface area contributed by atoms with Gasteiger partial charge >= 0.3 is 0 Å². The normalized spacial score (nSPS) is 15.0. The second-order valence-electron chi connectivity index (χ2n) is 4.57. The molecule has 1 nitrogen and oxygen atoms in total. The Kier molecular flexibility index (Phi) is 6.40. The van der Waals surface area contributed by atoms with Crippen molar-refractivity contribution in [2.24, 2.45) is 11.8 Å². The van der Waals surface area contributed by atoms with Gasteiger partial charge in [-0.05, 0) is 49.9 Å². The first-order chi connectivity index (χ1) is 7.63. The van der Waals surface area contributed by atoms with E-state index < -0.39 is 0 Å². The van der Waals surface area contributed by atoms with E-state index in [1.165, 1.54) is 11.3 Å². The molecule has 0 saturated heterocycles. The van der Waals surface area contributed by atoms with Crippen LogP contribution < -0.4 is 5.32 Å². The second-order valence-corrected chi connectivity index (χ2v) is 6.37. The minimum Gasteiger partial charge on any atom is -0.316 e. The average Bonchev–Trinajstić information content (AvgIpc) is 2.64. The van der Waals surface area contributed by atoms with Crippen LogP contribution >= 0.6 is 22.9 Å². The summed E-state index contributed by atoms with van der Waals surface area (Å²) in [5.74, 6) is 1.42. The highest BCUT2D eigenvalue weighted by atomic mass is 35.5. The van der Waals surface area contributed by atoms with Gasteiger partial charge in [0.2, 0.25) is 0 Å². The summed E-state index contributed by atoms with van der Waals surface area (Å²) in [5.41, 5.74) is 0. The van der Waals surface area contributed by atoms with Crippen LogP contribution in [-0.2, 0) is 6.42 Å². The highest BCUT2D eigenvalue weighted by Crippen LogP contribution is 2.25. The summed E-state index contributed by atoms with van der Waals surface area (Å²) in [6.45, 7) is 9.10. The molecule has 1 aromatic heterocycles. The zero-order valence-electron chi connectivity index (χ0n) is 10.4. The standard InChI is InChI=1S/C13H22ClNS/c1-4-7-15-9-11(3)10(2)8-12-5-6-13(14)16-12/h5-6,10-11,15H,4,7-9H2,1-3H3. The van der Waals surface area contributed by atoms with Crippen LogP contribution in [0.2, 0.25) is 4.34 Å². The van der Waals surface area contributed by atoms with Gasteiger partial charge in [-0.15, -0.1) is 11.3 Å². The quantitative estimate of drug-likeness (QED) is 0.723. The highest BCUT2D eigenvalue weighted by molar-refractivity contribution is 7.16.